The Labute approximate surface area is 757 Å². The predicted octanol–water partition coefficient (Wildman–Crippen LogP) is 18.9. The number of amides is 2. The Hall–Kier alpha value is -11.8. The van der Waals surface area contributed by atoms with E-state index in [0.29, 0.717) is 58.6 Å². The molecule has 16 rings (SSSR count). The van der Waals surface area contributed by atoms with Gasteiger partial charge in [0.15, 0.2) is 23.1 Å². The van der Waals surface area contributed by atoms with Crippen molar-refractivity contribution in [1.82, 2.24) is 80.3 Å². The molecule has 2 unspecified atom stereocenters. The van der Waals surface area contributed by atoms with Crippen LogP contribution in [0.3, 0.4) is 0 Å². The maximum absolute atomic E-state index is 12.6. The van der Waals surface area contributed by atoms with Crippen molar-refractivity contribution in [3.05, 3.63) is 232 Å². The number of piperidine rings is 1. The van der Waals surface area contributed by atoms with Crippen LogP contribution in [0.25, 0.3) is 65.4 Å². The third-order valence-corrected chi connectivity index (χ3v) is 23.9. The van der Waals surface area contributed by atoms with Crippen LogP contribution in [0.4, 0.5) is 23.1 Å². The van der Waals surface area contributed by atoms with Crippen molar-refractivity contribution >= 4 is 127 Å². The zero-order chi connectivity index (χ0) is 93.0. The van der Waals surface area contributed by atoms with Crippen molar-refractivity contribution in [3.63, 3.8) is 0 Å². The first-order chi connectivity index (χ1) is 60.3. The number of imidazole rings is 1. The zero-order valence-electron chi connectivity index (χ0n) is 78.3. The van der Waals surface area contributed by atoms with Gasteiger partial charge in [0.1, 0.15) is 28.3 Å². The molecular weight excluding hydrogens is 1640 g/mol. The molecule has 2 aliphatic heterocycles. The average molecular weight is 1770 g/mol. The van der Waals surface area contributed by atoms with Gasteiger partial charge in [0.05, 0.1) is 101 Å². The Kier molecular flexibility index (Phi) is 30.7. The molecule has 14 aromatic rings. The number of nitrogens with two attached hydrogens (primary N) is 2. The number of hydrogen-bond donors (Lipinski definition) is 7. The van der Waals surface area contributed by atoms with Gasteiger partial charge in [-0.3, -0.25) is 24.1 Å². The van der Waals surface area contributed by atoms with Gasteiger partial charge in [-0.2, -0.15) is 0 Å². The SMILES string of the molecule is CC(C)(C)c1ccnc2cc(CN)ccc12.CC(C)(C)c1nc2ccccc2nc1NS(=O)(=O)c1ccccc1.CC(C)(C)c1ncnc2sc(C(=O)NC3CCCNC3)cc12.CC(C)n1cnc2nc(C(C)(C)C)nc(N3CCC(N)C3)c21.CCC(=O)Cc1nc2ccccc2nc1C(C)(C)C.CNC(=O)c1ccccc1Nc1nc2ccccc2nc1C(C)(C)C. The molecule has 28 heteroatoms. The van der Waals surface area contributed by atoms with Crippen LogP contribution in [0.1, 0.15) is 243 Å². The van der Waals surface area contributed by atoms with E-state index >= 15 is 0 Å². The van der Waals surface area contributed by atoms with E-state index < -0.39 is 10.0 Å². The van der Waals surface area contributed by atoms with E-state index in [1.165, 1.54) is 22.3 Å². The first kappa shape index (κ1) is 96.8. The fourth-order valence-corrected chi connectivity index (χ4v) is 16.7. The molecule has 0 aliphatic carbocycles. The number of nitrogens with one attached hydrogen (secondary N) is 5. The summed E-state index contributed by atoms with van der Waals surface area (Å²) in [6.45, 7) is 48.4. The number of anilines is 4. The fourth-order valence-electron chi connectivity index (χ4n) is 14.7. The maximum atomic E-state index is 12.6. The van der Waals surface area contributed by atoms with E-state index in [1.54, 1.807) is 49.8 Å². The predicted molar refractivity (Wildman–Crippen MR) is 521 cm³/mol. The molecule has 0 saturated carbocycles. The Balaban J connectivity index is 0.000000150. The number of aromatic nitrogens is 13. The molecule has 26 nitrogen and oxygen atoms in total. The van der Waals surface area contributed by atoms with E-state index in [4.69, 9.17) is 36.4 Å². The average Bonchev–Trinajstić information content (AvgIpc) is 1.18. The summed E-state index contributed by atoms with van der Waals surface area (Å²) in [6.07, 6.45) is 9.41. The third kappa shape index (κ3) is 24.5. The molecule has 8 aromatic heterocycles. The molecule has 674 valence electrons. The van der Waals surface area contributed by atoms with Crippen LogP contribution < -0.4 is 42.4 Å². The minimum atomic E-state index is -3.72. The van der Waals surface area contributed by atoms with Crippen molar-refractivity contribution in [2.45, 2.75) is 240 Å². The number of benzene rings is 6. The van der Waals surface area contributed by atoms with Gasteiger partial charge in [0, 0.05) is 102 Å². The summed E-state index contributed by atoms with van der Waals surface area (Å²) in [7, 11) is -2.10. The van der Waals surface area contributed by atoms with E-state index in [0.717, 1.165) is 140 Å². The minimum absolute atomic E-state index is 0.00319. The number of para-hydroxylation sites is 7. The van der Waals surface area contributed by atoms with E-state index in [-0.39, 0.29) is 72.9 Å². The zero-order valence-corrected chi connectivity index (χ0v) is 80.0. The van der Waals surface area contributed by atoms with Gasteiger partial charge in [0.25, 0.3) is 21.8 Å². The standard InChI is InChI=1S/C20H22N4O.C18H19N3O2S.C16H26N6.C16H22N4OS.C16H20N2O.C14H18N2/c1-20(2,3)17-18(24-16-12-8-7-11-15(16)22-17)23-14-10-6-5-9-13(14)19(25)21-4;1-18(2,3)16-17(20-15-12-8-7-11-14(15)19-16)21-24(22,23)13-9-5-4-6-10-13;1-10(2)22-9-18-13-12(22)14(21-7-6-11(17)8-21)20-15(19-13)16(3,4)5;1-16(2,3)13-11-7-12(22-15(11)19-9-18-13)14(21)20-10-5-4-6-17-8-10;1-5-11(19)10-14-15(16(2,3)4)18-13-9-7-6-8-12(13)17-14;1-14(2,3)12-6-7-16-13-8-10(9-15)4-5-11(12)13/h5-12H,1-4H3,(H,21,25)(H,23,24);4-12H,1-3H3,(H,20,21);9-11H,6-8,17H2,1-5H3;7,9-10,17H,4-6,8H2,1-3H3,(H,20,21);6-9H,5,10H2,1-4H3;4-8H,9,15H2,1-3H3. The number of rotatable bonds is 14. The second kappa shape index (κ2) is 40.7. The van der Waals surface area contributed by atoms with Crippen molar-refractivity contribution < 1.29 is 22.8 Å². The number of hydrogen-bond acceptors (Lipinski definition) is 23. The van der Waals surface area contributed by atoms with Crippen LogP contribution in [0.5, 0.6) is 0 Å². The van der Waals surface area contributed by atoms with Gasteiger partial charge in [-0.15, -0.1) is 11.3 Å². The van der Waals surface area contributed by atoms with Crippen molar-refractivity contribution in [1.29, 1.82) is 0 Å². The summed E-state index contributed by atoms with van der Waals surface area (Å²) in [5.41, 5.74) is 26.6. The lowest BCUT2D eigenvalue weighted by Crippen LogP contribution is -2.45. The Bertz CT molecular complexity index is 6370. The Morgan fingerprint density at radius 3 is 1.67 bits per heavy atom. The van der Waals surface area contributed by atoms with Gasteiger partial charge in [-0.05, 0) is 135 Å². The highest BCUT2D eigenvalue weighted by molar-refractivity contribution is 7.92. The minimum Gasteiger partial charge on any atom is -0.355 e. The molecule has 2 saturated heterocycles. The Morgan fingerprint density at radius 2 is 1.13 bits per heavy atom. The van der Waals surface area contributed by atoms with Crippen LogP contribution in [-0.4, -0.2) is 136 Å². The Morgan fingerprint density at radius 1 is 0.570 bits per heavy atom. The molecule has 2 atom stereocenters. The summed E-state index contributed by atoms with van der Waals surface area (Å²) in [6, 6.07) is 49.7. The van der Waals surface area contributed by atoms with Gasteiger partial charge >= 0.3 is 0 Å². The second-order valence-corrected chi connectivity index (χ2v) is 41.5. The molecule has 9 N–H and O–H groups in total. The number of ketones is 1. The van der Waals surface area contributed by atoms with Crippen LogP contribution in [0.15, 0.2) is 181 Å². The van der Waals surface area contributed by atoms with E-state index in [2.05, 4.69) is 212 Å². The summed E-state index contributed by atoms with van der Waals surface area (Å²) >= 11 is 1.44. The molecule has 2 fully saturated rings. The van der Waals surface area contributed by atoms with E-state index in [9.17, 15) is 22.8 Å². The third-order valence-electron chi connectivity index (χ3n) is 21.5. The first-order valence-corrected chi connectivity index (χ1v) is 46.2. The smallest absolute Gasteiger partial charge is 0.263 e. The molecule has 2 amide bonds. The monoisotopic (exact) mass is 1770 g/mol. The number of pyridine rings is 1. The fraction of sp³-hybridized carbons (Fsp3) is 0.410. The van der Waals surface area contributed by atoms with Crippen molar-refractivity contribution in [2.24, 2.45) is 11.5 Å². The highest BCUT2D eigenvalue weighted by Gasteiger charge is 2.32. The van der Waals surface area contributed by atoms with E-state index in [1.807, 2.05) is 137 Å². The molecule has 2 aliphatic rings. The lowest BCUT2D eigenvalue weighted by atomic mass is 9.85. The molecule has 0 bridgehead atoms. The topological polar surface area (TPSA) is 360 Å². The molecule has 6 aromatic carbocycles. The van der Waals surface area contributed by atoms with Crippen molar-refractivity contribution in [2.75, 3.05) is 48.2 Å². The van der Waals surface area contributed by atoms with Gasteiger partial charge in [-0.1, -0.05) is 210 Å². The summed E-state index contributed by atoms with van der Waals surface area (Å²) < 4.78 is 30.0. The number of Topliss-reactive ketones (excluding diaryl/α,β-unsaturated/α-hetero) is 1. The first-order valence-electron chi connectivity index (χ1n) is 43.9. The van der Waals surface area contributed by atoms with Crippen molar-refractivity contribution in [3.8, 4) is 0 Å². The van der Waals surface area contributed by atoms with Crippen LogP contribution in [0, 0.1) is 0 Å². The number of thiophene rings is 1. The van der Waals surface area contributed by atoms with Gasteiger partial charge in [-0.25, -0.2) is 63.2 Å². The van der Waals surface area contributed by atoms with Crippen LogP contribution in [0.2, 0.25) is 0 Å². The number of carbonyl (C=O) groups is 3. The maximum Gasteiger partial charge on any atom is 0.263 e. The summed E-state index contributed by atoms with van der Waals surface area (Å²) in [5, 5.41) is 14.6. The lowest BCUT2D eigenvalue weighted by molar-refractivity contribution is -0.118. The van der Waals surface area contributed by atoms with Crippen LogP contribution in [-0.2, 0) is 60.3 Å². The van der Waals surface area contributed by atoms with Gasteiger partial charge in [0.2, 0.25) is 0 Å². The molecule has 10 heterocycles. The summed E-state index contributed by atoms with van der Waals surface area (Å²) in [5.74, 6) is 2.81. The molecule has 128 heavy (non-hydrogen) atoms. The molecule has 0 radical (unpaired) electrons. The second-order valence-electron chi connectivity index (χ2n) is 38.8. The molecular formula is C100H127N21O5S2. The highest BCUT2D eigenvalue weighted by atomic mass is 32.2. The number of fused-ring (bicyclic) bond motifs is 6. The highest BCUT2D eigenvalue weighted by Crippen LogP contribution is 2.38. The largest absolute Gasteiger partial charge is 0.355 e. The quantitative estimate of drug-likeness (QED) is 0.0532. The number of carbonyl (C=O) groups excluding carboxylic acids is 3. The van der Waals surface area contributed by atoms with Gasteiger partial charge < -0.3 is 42.2 Å². The number of sulfonamides is 1. The van der Waals surface area contributed by atoms with Crippen LogP contribution >= 0.6 is 11.3 Å². The molecule has 0 spiro atoms. The summed E-state index contributed by atoms with van der Waals surface area (Å²) in [4.78, 5) is 95.7. The lowest BCUT2D eigenvalue weighted by Gasteiger charge is -2.23. The number of nitrogens with zero attached hydrogens (tertiary/aromatic N) is 14. The normalized spacial score (nSPS) is 14.5.